The lowest BCUT2D eigenvalue weighted by atomic mass is 9.97. The second-order valence-corrected chi connectivity index (χ2v) is 6.04. The van der Waals surface area contributed by atoms with E-state index in [1.807, 2.05) is 0 Å². The van der Waals surface area contributed by atoms with Gasteiger partial charge < -0.3 is 44.1 Å². The molecule has 0 aromatic rings. The highest BCUT2D eigenvalue weighted by Gasteiger charge is 2.50. The van der Waals surface area contributed by atoms with Gasteiger partial charge in [0.1, 0.15) is 49.3 Å². The second-order valence-electron chi connectivity index (χ2n) is 6.04. The van der Waals surface area contributed by atoms with Crippen molar-refractivity contribution in [3.63, 3.8) is 0 Å². The molecule has 11 heteroatoms. The number of hydrogen-bond donors (Lipinski definition) is 5. The molecule has 2 saturated heterocycles. The van der Waals surface area contributed by atoms with Crippen LogP contribution in [-0.4, -0.2) is 108 Å². The van der Waals surface area contributed by atoms with E-state index in [0.717, 1.165) is 0 Å². The number of rotatable bonds is 6. The Balaban J connectivity index is 2.13. The predicted molar refractivity (Wildman–Crippen MR) is 78.3 cm³/mol. The molecule has 148 valence electrons. The lowest BCUT2D eigenvalue weighted by molar-refractivity contribution is -0.365. The van der Waals surface area contributed by atoms with Gasteiger partial charge in [-0.25, -0.2) is 4.89 Å². The van der Waals surface area contributed by atoms with E-state index < -0.39 is 61.4 Å². The first-order valence-corrected chi connectivity index (χ1v) is 7.86. The molecule has 0 bridgehead atoms. The van der Waals surface area contributed by atoms with Gasteiger partial charge in [-0.2, -0.15) is 0 Å². The minimum Gasteiger partial charge on any atom is -0.387 e. The maximum Gasteiger partial charge on any atom is 0.187 e. The molecule has 0 aromatic heterocycles. The Morgan fingerprint density at radius 1 is 0.840 bits per heavy atom. The summed E-state index contributed by atoms with van der Waals surface area (Å²) in [6.07, 6.45) is -11.5. The highest BCUT2D eigenvalue weighted by molar-refractivity contribution is 4.93. The van der Waals surface area contributed by atoms with Gasteiger partial charge in [-0.1, -0.05) is 0 Å². The van der Waals surface area contributed by atoms with Crippen molar-refractivity contribution in [3.8, 4) is 0 Å². The Morgan fingerprint density at radius 2 is 1.48 bits per heavy atom. The van der Waals surface area contributed by atoms with Crippen LogP contribution >= 0.6 is 0 Å². The van der Waals surface area contributed by atoms with Crippen molar-refractivity contribution in [2.75, 3.05) is 20.8 Å². The summed E-state index contributed by atoms with van der Waals surface area (Å²) >= 11 is 0. The fourth-order valence-electron chi connectivity index (χ4n) is 3.13. The third-order valence-corrected chi connectivity index (χ3v) is 4.48. The summed E-state index contributed by atoms with van der Waals surface area (Å²) < 4.78 is 26.6. The van der Waals surface area contributed by atoms with E-state index in [2.05, 4.69) is 4.89 Å². The zero-order chi connectivity index (χ0) is 18.7. The molecule has 2 fully saturated rings. The van der Waals surface area contributed by atoms with Gasteiger partial charge in [-0.15, -0.1) is 0 Å². The lowest BCUT2D eigenvalue weighted by Gasteiger charge is -2.46. The number of aliphatic hydroxyl groups is 4. The van der Waals surface area contributed by atoms with Crippen LogP contribution in [0.3, 0.4) is 0 Å². The quantitative estimate of drug-likeness (QED) is 0.247. The zero-order valence-electron chi connectivity index (χ0n) is 14.2. The van der Waals surface area contributed by atoms with Crippen LogP contribution in [0.5, 0.6) is 0 Å². The molecule has 0 saturated carbocycles. The van der Waals surface area contributed by atoms with Crippen LogP contribution in [0.15, 0.2) is 0 Å². The maximum atomic E-state index is 10.2. The van der Waals surface area contributed by atoms with Crippen molar-refractivity contribution in [2.45, 2.75) is 68.3 Å². The molecule has 10 unspecified atom stereocenters. The minimum atomic E-state index is -1.48. The molecule has 2 aliphatic heterocycles. The summed E-state index contributed by atoms with van der Waals surface area (Å²) in [4.78, 5) is 4.05. The van der Waals surface area contributed by atoms with Crippen molar-refractivity contribution in [3.05, 3.63) is 0 Å². The molecule has 0 aliphatic carbocycles. The smallest absolute Gasteiger partial charge is 0.187 e. The molecule has 11 nitrogen and oxygen atoms in total. The van der Waals surface area contributed by atoms with Crippen LogP contribution in [0.25, 0.3) is 0 Å². The standard InChI is InChI=1S/C14H26O11/c1-5-10(12(21-3)9(17)13(18)23-5)25-14-8(16)7(15)11(20-2)6(24-14)4-22-19/h5-19H,4H2,1-3H3. The SMILES string of the molecule is COC1C(COO)OC(OC2C(C)OC(O)C(O)C2OC)C(O)C1O. The van der Waals surface area contributed by atoms with Gasteiger partial charge >= 0.3 is 0 Å². The van der Waals surface area contributed by atoms with E-state index in [1.165, 1.54) is 14.2 Å². The van der Waals surface area contributed by atoms with E-state index >= 15 is 0 Å². The van der Waals surface area contributed by atoms with Gasteiger partial charge in [-0.05, 0) is 6.92 Å². The van der Waals surface area contributed by atoms with Crippen LogP contribution in [0.2, 0.25) is 0 Å². The van der Waals surface area contributed by atoms with Crippen molar-refractivity contribution in [1.82, 2.24) is 0 Å². The summed E-state index contributed by atoms with van der Waals surface area (Å²) in [5, 5.41) is 48.7. The molecule has 10 atom stereocenters. The molecule has 2 aliphatic rings. The Bertz CT molecular complexity index is 410. The van der Waals surface area contributed by atoms with Gasteiger partial charge in [-0.3, -0.25) is 5.26 Å². The number of ether oxygens (including phenoxy) is 5. The number of aliphatic hydroxyl groups excluding tert-OH is 4. The van der Waals surface area contributed by atoms with E-state index in [0.29, 0.717) is 0 Å². The van der Waals surface area contributed by atoms with Gasteiger partial charge in [0.15, 0.2) is 12.6 Å². The second kappa shape index (κ2) is 8.97. The number of methoxy groups -OCH3 is 2. The molecule has 0 radical (unpaired) electrons. The van der Waals surface area contributed by atoms with Crippen LogP contribution in [0, 0.1) is 0 Å². The Morgan fingerprint density at radius 3 is 2.04 bits per heavy atom. The zero-order valence-corrected chi connectivity index (χ0v) is 14.2. The molecule has 0 spiro atoms. The van der Waals surface area contributed by atoms with Crippen molar-refractivity contribution in [1.29, 1.82) is 0 Å². The molecule has 0 amide bonds. The summed E-state index contributed by atoms with van der Waals surface area (Å²) in [5.41, 5.74) is 0. The summed E-state index contributed by atoms with van der Waals surface area (Å²) in [6.45, 7) is 1.26. The predicted octanol–water partition coefficient (Wildman–Crippen LogP) is -2.56. The van der Waals surface area contributed by atoms with Crippen LogP contribution in [0.1, 0.15) is 6.92 Å². The van der Waals surface area contributed by atoms with Crippen molar-refractivity contribution >= 4 is 0 Å². The van der Waals surface area contributed by atoms with Gasteiger partial charge in [0.05, 0.1) is 6.10 Å². The first kappa shape index (κ1) is 20.9. The fourth-order valence-corrected chi connectivity index (χ4v) is 3.13. The minimum absolute atomic E-state index is 0.325. The average molecular weight is 370 g/mol. The van der Waals surface area contributed by atoms with Crippen molar-refractivity contribution in [2.24, 2.45) is 0 Å². The molecule has 25 heavy (non-hydrogen) atoms. The van der Waals surface area contributed by atoms with Crippen LogP contribution in [-0.2, 0) is 28.6 Å². The Labute approximate surface area is 144 Å². The first-order chi connectivity index (χ1) is 11.8. The molecular weight excluding hydrogens is 344 g/mol. The normalized spacial score (nSPS) is 48.5. The number of hydrogen-bond acceptors (Lipinski definition) is 11. The van der Waals surface area contributed by atoms with E-state index in [1.54, 1.807) is 6.92 Å². The molecular formula is C14H26O11. The van der Waals surface area contributed by atoms with Gasteiger partial charge in [0, 0.05) is 14.2 Å². The van der Waals surface area contributed by atoms with Crippen LogP contribution in [0.4, 0.5) is 0 Å². The maximum absolute atomic E-state index is 10.2. The van der Waals surface area contributed by atoms with Gasteiger partial charge in [0.25, 0.3) is 0 Å². The third kappa shape index (κ3) is 4.28. The molecule has 2 heterocycles. The third-order valence-electron chi connectivity index (χ3n) is 4.48. The van der Waals surface area contributed by atoms with E-state index in [9.17, 15) is 20.4 Å². The van der Waals surface area contributed by atoms with E-state index in [4.69, 9.17) is 28.9 Å². The largest absolute Gasteiger partial charge is 0.387 e. The van der Waals surface area contributed by atoms with Gasteiger partial charge in [0.2, 0.25) is 0 Å². The average Bonchev–Trinajstić information content (AvgIpc) is 2.58. The molecule has 5 N–H and O–H groups in total. The summed E-state index contributed by atoms with van der Waals surface area (Å²) in [5.74, 6) is 0. The summed E-state index contributed by atoms with van der Waals surface area (Å²) in [6, 6.07) is 0. The van der Waals surface area contributed by atoms with Crippen LogP contribution < -0.4 is 0 Å². The highest BCUT2D eigenvalue weighted by Crippen LogP contribution is 2.30. The summed E-state index contributed by atoms with van der Waals surface area (Å²) in [7, 11) is 2.64. The lowest BCUT2D eigenvalue weighted by Crippen LogP contribution is -2.64. The Kier molecular flexibility index (Phi) is 7.49. The fraction of sp³-hybridized carbons (Fsp3) is 1.00. The molecule has 2 rings (SSSR count). The highest BCUT2D eigenvalue weighted by atomic mass is 17.1. The Hall–Kier alpha value is -0.440. The first-order valence-electron chi connectivity index (χ1n) is 7.86. The molecule has 0 aromatic carbocycles. The topological polar surface area (TPSA) is 157 Å². The monoisotopic (exact) mass is 370 g/mol. The van der Waals surface area contributed by atoms with E-state index in [-0.39, 0.29) is 6.61 Å². The van der Waals surface area contributed by atoms with Crippen molar-refractivity contribution < 1.29 is 54.3 Å².